The molecule has 1 rings (SSSR count). The Morgan fingerprint density at radius 3 is 1.86 bits per heavy atom. The standard InChI is InChI=1S/C26H42N4O6/c1-7-16(6)22(25(34)28-20(26(35)36)13-17-8-10-18(31)11-9-17)30-24(33)21(15(4)5)29-23(32)19(27)12-14(2)3/h8-11,14-16,19-22,31H,7,12-13,27H2,1-6H3,(H,28,34)(H,29,32)(H,30,33)(H,35,36). The molecule has 36 heavy (non-hydrogen) atoms. The minimum atomic E-state index is -1.24. The lowest BCUT2D eigenvalue weighted by Crippen LogP contribution is -2.60. The highest BCUT2D eigenvalue weighted by Gasteiger charge is 2.33. The van der Waals surface area contributed by atoms with E-state index in [0.717, 1.165) is 0 Å². The van der Waals surface area contributed by atoms with Crippen LogP contribution in [0.4, 0.5) is 0 Å². The SMILES string of the molecule is CCC(C)C(NC(=O)C(NC(=O)C(N)CC(C)C)C(C)C)C(=O)NC(Cc1ccc(O)cc1)C(=O)O. The predicted octanol–water partition coefficient (Wildman–Crippen LogP) is 1.55. The van der Waals surface area contributed by atoms with Crippen LogP contribution in [0.5, 0.6) is 5.75 Å². The first kappa shape index (κ1) is 30.9. The number of hydrogen-bond acceptors (Lipinski definition) is 6. The van der Waals surface area contributed by atoms with Gasteiger partial charge in [0.15, 0.2) is 0 Å². The van der Waals surface area contributed by atoms with Crippen LogP contribution < -0.4 is 21.7 Å². The number of nitrogens with one attached hydrogen (secondary N) is 3. The normalized spacial score (nSPS) is 15.5. The number of aliphatic carboxylic acids is 1. The van der Waals surface area contributed by atoms with Crippen molar-refractivity contribution in [2.75, 3.05) is 0 Å². The Morgan fingerprint density at radius 1 is 0.861 bits per heavy atom. The number of nitrogens with two attached hydrogens (primary N) is 1. The predicted molar refractivity (Wildman–Crippen MR) is 137 cm³/mol. The summed E-state index contributed by atoms with van der Waals surface area (Å²) >= 11 is 0. The summed E-state index contributed by atoms with van der Waals surface area (Å²) in [4.78, 5) is 50.7. The van der Waals surface area contributed by atoms with Gasteiger partial charge in [-0.15, -0.1) is 0 Å². The molecule has 7 N–H and O–H groups in total. The van der Waals surface area contributed by atoms with Crippen molar-refractivity contribution in [1.29, 1.82) is 0 Å². The largest absolute Gasteiger partial charge is 0.508 e. The van der Waals surface area contributed by atoms with E-state index in [4.69, 9.17) is 5.73 Å². The highest BCUT2D eigenvalue weighted by molar-refractivity contribution is 5.94. The van der Waals surface area contributed by atoms with E-state index in [9.17, 15) is 29.4 Å². The molecule has 0 bridgehead atoms. The first-order chi connectivity index (χ1) is 16.8. The maximum atomic E-state index is 13.2. The number of carbonyl (C=O) groups is 4. The summed E-state index contributed by atoms with van der Waals surface area (Å²) < 4.78 is 0. The minimum absolute atomic E-state index is 0.000934. The Morgan fingerprint density at radius 2 is 1.39 bits per heavy atom. The lowest BCUT2D eigenvalue weighted by molar-refractivity contribution is -0.142. The summed E-state index contributed by atoms with van der Waals surface area (Å²) in [6.07, 6.45) is 1.01. The second kappa shape index (κ2) is 14.4. The molecule has 0 saturated carbocycles. The van der Waals surface area contributed by atoms with Crippen LogP contribution in [0, 0.1) is 17.8 Å². The molecule has 10 heteroatoms. The van der Waals surface area contributed by atoms with Crippen molar-refractivity contribution in [3.8, 4) is 5.75 Å². The zero-order chi connectivity index (χ0) is 27.6. The van der Waals surface area contributed by atoms with Crippen LogP contribution in [0.2, 0.25) is 0 Å². The highest BCUT2D eigenvalue weighted by Crippen LogP contribution is 2.14. The van der Waals surface area contributed by atoms with Crippen LogP contribution in [0.15, 0.2) is 24.3 Å². The number of carboxylic acid groups (broad SMARTS) is 1. The molecule has 0 aliphatic rings. The number of carbonyl (C=O) groups excluding carboxylic acids is 3. The Bertz CT molecular complexity index is 887. The van der Waals surface area contributed by atoms with E-state index >= 15 is 0 Å². The van der Waals surface area contributed by atoms with Gasteiger partial charge in [-0.25, -0.2) is 4.79 Å². The summed E-state index contributed by atoms with van der Waals surface area (Å²) in [5.74, 6) is -3.16. The van der Waals surface area contributed by atoms with Crippen molar-refractivity contribution >= 4 is 23.7 Å². The number of phenols is 1. The van der Waals surface area contributed by atoms with Crippen LogP contribution in [-0.4, -0.2) is 58.1 Å². The van der Waals surface area contributed by atoms with Crippen LogP contribution >= 0.6 is 0 Å². The molecule has 0 spiro atoms. The molecule has 10 nitrogen and oxygen atoms in total. The molecule has 202 valence electrons. The fourth-order valence-electron chi connectivity index (χ4n) is 3.68. The van der Waals surface area contributed by atoms with Gasteiger partial charge < -0.3 is 31.9 Å². The molecule has 0 aliphatic carbocycles. The van der Waals surface area contributed by atoms with Gasteiger partial charge in [0.2, 0.25) is 17.7 Å². The van der Waals surface area contributed by atoms with Crippen molar-refractivity contribution in [2.45, 2.75) is 85.0 Å². The number of aromatic hydroxyl groups is 1. The molecule has 0 fully saturated rings. The lowest BCUT2D eigenvalue weighted by atomic mass is 9.95. The molecule has 0 heterocycles. The zero-order valence-corrected chi connectivity index (χ0v) is 22.1. The van der Waals surface area contributed by atoms with Crippen molar-refractivity contribution in [2.24, 2.45) is 23.5 Å². The van der Waals surface area contributed by atoms with E-state index in [-0.39, 0.29) is 29.9 Å². The molecule has 0 aliphatic heterocycles. The summed E-state index contributed by atoms with van der Waals surface area (Å²) in [7, 11) is 0. The van der Waals surface area contributed by atoms with Gasteiger partial charge in [-0.2, -0.15) is 0 Å². The van der Waals surface area contributed by atoms with Gasteiger partial charge in [0.25, 0.3) is 0 Å². The van der Waals surface area contributed by atoms with Crippen molar-refractivity contribution < 1.29 is 29.4 Å². The van der Waals surface area contributed by atoms with Gasteiger partial charge in [-0.3, -0.25) is 14.4 Å². The van der Waals surface area contributed by atoms with Crippen LogP contribution in [-0.2, 0) is 25.6 Å². The van der Waals surface area contributed by atoms with E-state index in [0.29, 0.717) is 18.4 Å². The molecule has 3 amide bonds. The first-order valence-corrected chi connectivity index (χ1v) is 12.4. The number of carboxylic acids is 1. The summed E-state index contributed by atoms with van der Waals surface area (Å²) in [5.41, 5.74) is 6.58. The van der Waals surface area contributed by atoms with Crippen molar-refractivity contribution in [1.82, 2.24) is 16.0 Å². The average molecular weight is 507 g/mol. The summed E-state index contributed by atoms with van der Waals surface area (Å²) in [6, 6.07) is 2.10. The molecule has 0 saturated heterocycles. The summed E-state index contributed by atoms with van der Waals surface area (Å²) in [6.45, 7) is 11.1. The van der Waals surface area contributed by atoms with Crippen molar-refractivity contribution in [3.05, 3.63) is 29.8 Å². The van der Waals surface area contributed by atoms with Crippen LogP contribution in [0.3, 0.4) is 0 Å². The van der Waals surface area contributed by atoms with Gasteiger partial charge in [0.1, 0.15) is 23.9 Å². The first-order valence-electron chi connectivity index (χ1n) is 12.4. The third-order valence-electron chi connectivity index (χ3n) is 6.09. The van der Waals surface area contributed by atoms with E-state index in [1.807, 2.05) is 20.8 Å². The monoisotopic (exact) mass is 506 g/mol. The van der Waals surface area contributed by atoms with Gasteiger partial charge in [-0.05, 0) is 41.9 Å². The third-order valence-corrected chi connectivity index (χ3v) is 6.09. The number of rotatable bonds is 14. The van der Waals surface area contributed by atoms with E-state index in [2.05, 4.69) is 16.0 Å². The van der Waals surface area contributed by atoms with Gasteiger partial charge >= 0.3 is 5.97 Å². The van der Waals surface area contributed by atoms with Gasteiger partial charge in [0, 0.05) is 6.42 Å². The molecule has 1 aromatic rings. The third kappa shape index (κ3) is 9.85. The van der Waals surface area contributed by atoms with E-state index in [1.54, 1.807) is 32.9 Å². The number of hydrogen-bond donors (Lipinski definition) is 6. The molecule has 0 aromatic heterocycles. The van der Waals surface area contributed by atoms with E-state index < -0.39 is 47.9 Å². The van der Waals surface area contributed by atoms with E-state index in [1.165, 1.54) is 12.1 Å². The van der Waals surface area contributed by atoms with Gasteiger partial charge in [0.05, 0.1) is 6.04 Å². The average Bonchev–Trinajstić information content (AvgIpc) is 2.80. The van der Waals surface area contributed by atoms with Crippen LogP contribution in [0.25, 0.3) is 0 Å². The fourth-order valence-corrected chi connectivity index (χ4v) is 3.68. The Labute approximate surface area is 213 Å². The molecule has 5 atom stereocenters. The number of benzene rings is 1. The lowest BCUT2D eigenvalue weighted by Gasteiger charge is -2.29. The number of phenolic OH excluding ortho intramolecular Hbond substituents is 1. The molecule has 5 unspecified atom stereocenters. The smallest absolute Gasteiger partial charge is 0.326 e. The maximum absolute atomic E-state index is 13.2. The Hall–Kier alpha value is -3.14. The highest BCUT2D eigenvalue weighted by atomic mass is 16.4. The van der Waals surface area contributed by atoms with Crippen LogP contribution in [0.1, 0.15) is 59.9 Å². The van der Waals surface area contributed by atoms with Crippen molar-refractivity contribution in [3.63, 3.8) is 0 Å². The fraction of sp³-hybridized carbons (Fsp3) is 0.615. The number of amides is 3. The molecular formula is C26H42N4O6. The summed E-state index contributed by atoms with van der Waals surface area (Å²) in [5, 5.41) is 27.0. The Kier molecular flexibility index (Phi) is 12.4. The Balaban J connectivity index is 3.00. The molecule has 1 aromatic carbocycles. The minimum Gasteiger partial charge on any atom is -0.508 e. The zero-order valence-electron chi connectivity index (χ0n) is 22.1. The molecule has 0 radical (unpaired) electrons. The molecular weight excluding hydrogens is 464 g/mol. The second-order valence-corrected chi connectivity index (χ2v) is 10.1. The second-order valence-electron chi connectivity index (χ2n) is 10.1. The quantitative estimate of drug-likeness (QED) is 0.222. The topological polar surface area (TPSA) is 171 Å². The maximum Gasteiger partial charge on any atom is 0.326 e. The van der Waals surface area contributed by atoms with Gasteiger partial charge in [-0.1, -0.05) is 60.1 Å².